The van der Waals surface area contributed by atoms with E-state index in [9.17, 15) is 23.2 Å². The van der Waals surface area contributed by atoms with Crippen LogP contribution in [0.3, 0.4) is 0 Å². The Bertz CT molecular complexity index is 1480. The topological polar surface area (TPSA) is 79.3 Å². The molecule has 3 aromatic carbocycles. The highest BCUT2D eigenvalue weighted by atomic mass is 19.1. The molecule has 0 N–H and O–H groups in total. The van der Waals surface area contributed by atoms with Gasteiger partial charge < -0.3 is 4.74 Å². The van der Waals surface area contributed by atoms with Gasteiger partial charge in [0.25, 0.3) is 5.91 Å². The predicted octanol–water partition coefficient (Wildman–Crippen LogP) is 5.65. The molecule has 7 nitrogen and oxygen atoms in total. The summed E-state index contributed by atoms with van der Waals surface area (Å²) in [5.74, 6) is -3.19. The fourth-order valence-corrected chi connectivity index (χ4v) is 5.47. The summed E-state index contributed by atoms with van der Waals surface area (Å²) in [5, 5.41) is 5.31. The van der Waals surface area contributed by atoms with E-state index in [1.165, 1.54) is 6.92 Å². The van der Waals surface area contributed by atoms with Crippen molar-refractivity contribution < 1.29 is 32.3 Å². The molecule has 2 aliphatic rings. The number of hydrazone groups is 1. The van der Waals surface area contributed by atoms with Crippen molar-refractivity contribution in [3.63, 3.8) is 0 Å². The van der Waals surface area contributed by atoms with Crippen molar-refractivity contribution in [3.05, 3.63) is 107 Å². The Kier molecular flexibility index (Phi) is 7.18. The first kappa shape index (κ1) is 27.1. The lowest BCUT2D eigenvalue weighted by Crippen LogP contribution is -2.49. The molecule has 0 unspecified atom stereocenters. The summed E-state index contributed by atoms with van der Waals surface area (Å²) >= 11 is 0. The van der Waals surface area contributed by atoms with Gasteiger partial charge in [0.2, 0.25) is 5.91 Å². The monoisotopic (exact) mass is 549 g/mol. The molecule has 2 aliphatic heterocycles. The summed E-state index contributed by atoms with van der Waals surface area (Å²) in [5.41, 5.74) is -0.608. The van der Waals surface area contributed by atoms with E-state index in [2.05, 4.69) is 5.10 Å². The standard InChI is InChI=1S/C30H26F3N3O4/c1-18-27(20-9-5-3-6-10-20)40-29(39)35(18)28(38)25(33)16-30(21-11-7-4-8-12-21)17-26(34-36(30)19(2)37)23-15-22(31)13-14-24(23)32/h3-15,18,25,27H,16-17H2,1-2H3/t18-,25-,27-,30-/m0/s1. The van der Waals surface area contributed by atoms with Crippen LogP contribution in [0.5, 0.6) is 0 Å². The van der Waals surface area contributed by atoms with Crippen molar-refractivity contribution in [2.75, 3.05) is 0 Å². The van der Waals surface area contributed by atoms with Crippen LogP contribution in [-0.2, 0) is 19.9 Å². The Labute approximate surface area is 228 Å². The summed E-state index contributed by atoms with van der Waals surface area (Å²) in [6, 6.07) is 19.2. The Hall–Kier alpha value is -4.47. The number of hydrogen-bond donors (Lipinski definition) is 0. The molecule has 1 fully saturated rings. The van der Waals surface area contributed by atoms with Crippen molar-refractivity contribution >= 4 is 23.6 Å². The molecule has 0 aromatic heterocycles. The van der Waals surface area contributed by atoms with Gasteiger partial charge in [-0.25, -0.2) is 27.9 Å². The lowest BCUT2D eigenvalue weighted by Gasteiger charge is -2.37. The van der Waals surface area contributed by atoms with E-state index in [-0.39, 0.29) is 17.7 Å². The van der Waals surface area contributed by atoms with E-state index in [0.29, 0.717) is 11.1 Å². The zero-order valence-electron chi connectivity index (χ0n) is 21.8. The van der Waals surface area contributed by atoms with Gasteiger partial charge in [-0.1, -0.05) is 60.7 Å². The summed E-state index contributed by atoms with van der Waals surface area (Å²) in [6.45, 7) is 2.80. The van der Waals surface area contributed by atoms with E-state index < -0.39 is 59.8 Å². The van der Waals surface area contributed by atoms with Gasteiger partial charge in [-0.2, -0.15) is 5.10 Å². The molecule has 206 valence electrons. The largest absolute Gasteiger partial charge is 0.439 e. The quantitative estimate of drug-likeness (QED) is 0.398. The molecule has 0 radical (unpaired) electrons. The summed E-state index contributed by atoms with van der Waals surface area (Å²) in [7, 11) is 0. The van der Waals surface area contributed by atoms with Crippen LogP contribution in [0.15, 0.2) is 84.0 Å². The van der Waals surface area contributed by atoms with Crippen LogP contribution in [0.1, 0.15) is 49.5 Å². The highest BCUT2D eigenvalue weighted by Crippen LogP contribution is 2.44. The number of cyclic esters (lactones) is 1. The molecule has 0 spiro atoms. The Morgan fingerprint density at radius 2 is 1.70 bits per heavy atom. The molecule has 0 aliphatic carbocycles. The van der Waals surface area contributed by atoms with Crippen molar-refractivity contribution in [1.29, 1.82) is 0 Å². The molecule has 4 atom stereocenters. The smallest absolute Gasteiger partial charge is 0.417 e. The highest BCUT2D eigenvalue weighted by molar-refractivity contribution is 6.04. The first-order valence-electron chi connectivity index (χ1n) is 12.7. The van der Waals surface area contributed by atoms with E-state index >= 15 is 4.39 Å². The Morgan fingerprint density at radius 1 is 1.05 bits per heavy atom. The number of benzene rings is 3. The maximum Gasteiger partial charge on any atom is 0.417 e. The normalized spacial score (nSPS) is 23.1. The number of alkyl halides is 1. The number of amides is 3. The molecule has 3 amide bonds. The number of rotatable bonds is 6. The lowest BCUT2D eigenvalue weighted by atomic mass is 9.79. The number of nitrogens with zero attached hydrogens (tertiary/aromatic N) is 3. The van der Waals surface area contributed by atoms with Crippen molar-refractivity contribution in [1.82, 2.24) is 9.91 Å². The average molecular weight is 550 g/mol. The fourth-order valence-electron chi connectivity index (χ4n) is 5.47. The second kappa shape index (κ2) is 10.6. The van der Waals surface area contributed by atoms with Crippen LogP contribution >= 0.6 is 0 Å². The zero-order valence-corrected chi connectivity index (χ0v) is 21.8. The van der Waals surface area contributed by atoms with E-state index in [1.807, 2.05) is 0 Å². The van der Waals surface area contributed by atoms with Gasteiger partial charge in [-0.3, -0.25) is 9.59 Å². The number of ether oxygens (including phenoxy) is 1. The maximum absolute atomic E-state index is 16.1. The Balaban J connectivity index is 1.49. The molecule has 3 aromatic rings. The maximum atomic E-state index is 16.1. The second-order valence-corrected chi connectivity index (χ2v) is 9.91. The second-order valence-electron chi connectivity index (χ2n) is 9.91. The minimum Gasteiger partial charge on any atom is -0.439 e. The molecule has 2 heterocycles. The van der Waals surface area contributed by atoms with Crippen LogP contribution in [0.25, 0.3) is 0 Å². The van der Waals surface area contributed by atoms with Crippen LogP contribution in [-0.4, -0.2) is 45.7 Å². The van der Waals surface area contributed by atoms with Crippen molar-refractivity contribution in [3.8, 4) is 0 Å². The number of carbonyl (C=O) groups excluding carboxylic acids is 3. The minimum atomic E-state index is -2.27. The first-order chi connectivity index (χ1) is 19.1. The number of hydrogen-bond acceptors (Lipinski definition) is 5. The van der Waals surface area contributed by atoms with Crippen molar-refractivity contribution in [2.45, 2.75) is 50.5 Å². The minimum absolute atomic E-state index is 0.0220. The highest BCUT2D eigenvalue weighted by Gasteiger charge is 2.52. The third-order valence-electron chi connectivity index (χ3n) is 7.36. The summed E-state index contributed by atoms with van der Waals surface area (Å²) < 4.78 is 50.3. The third-order valence-corrected chi connectivity index (χ3v) is 7.36. The molecular formula is C30H26F3N3O4. The third kappa shape index (κ3) is 4.74. The Morgan fingerprint density at radius 3 is 2.35 bits per heavy atom. The van der Waals surface area contributed by atoms with Crippen LogP contribution < -0.4 is 0 Å². The van der Waals surface area contributed by atoms with Gasteiger partial charge in [0, 0.05) is 25.3 Å². The van der Waals surface area contributed by atoms with Crippen LogP contribution in [0.2, 0.25) is 0 Å². The van der Waals surface area contributed by atoms with Crippen LogP contribution in [0.4, 0.5) is 18.0 Å². The fraction of sp³-hybridized carbons (Fsp3) is 0.267. The zero-order chi connectivity index (χ0) is 28.6. The number of imide groups is 1. The molecule has 10 heteroatoms. The van der Waals surface area contributed by atoms with Gasteiger partial charge in [0.1, 0.15) is 23.3 Å². The average Bonchev–Trinajstić information content (AvgIpc) is 3.48. The summed E-state index contributed by atoms with van der Waals surface area (Å²) in [6.07, 6.45) is -4.81. The first-order valence-corrected chi connectivity index (χ1v) is 12.7. The summed E-state index contributed by atoms with van der Waals surface area (Å²) in [4.78, 5) is 39.7. The molecule has 40 heavy (non-hydrogen) atoms. The van der Waals surface area contributed by atoms with Gasteiger partial charge in [0.15, 0.2) is 6.17 Å². The van der Waals surface area contributed by atoms with Gasteiger partial charge in [-0.05, 0) is 36.2 Å². The number of carbonyl (C=O) groups is 3. The molecule has 1 saturated heterocycles. The molecule has 0 bridgehead atoms. The molecule has 5 rings (SSSR count). The van der Waals surface area contributed by atoms with Gasteiger partial charge in [0.05, 0.1) is 11.8 Å². The number of halogens is 3. The van der Waals surface area contributed by atoms with Gasteiger partial charge in [-0.15, -0.1) is 0 Å². The molecule has 0 saturated carbocycles. The van der Waals surface area contributed by atoms with Crippen molar-refractivity contribution in [2.24, 2.45) is 5.10 Å². The SMILES string of the molecule is CC(=O)N1N=C(c2cc(F)ccc2F)C[C@@]1(C[C@H](F)C(=O)N1C(=O)O[C@H](c2ccccc2)[C@@H]1C)c1ccccc1. The van der Waals surface area contributed by atoms with Gasteiger partial charge >= 0.3 is 6.09 Å². The van der Waals surface area contributed by atoms with Crippen LogP contribution in [0, 0.1) is 11.6 Å². The van der Waals surface area contributed by atoms with E-state index in [0.717, 1.165) is 28.1 Å². The predicted molar refractivity (Wildman–Crippen MR) is 140 cm³/mol. The van der Waals surface area contributed by atoms with E-state index in [4.69, 9.17) is 4.74 Å². The lowest BCUT2D eigenvalue weighted by molar-refractivity contribution is -0.141. The molecular weight excluding hydrogens is 523 g/mol. The van der Waals surface area contributed by atoms with E-state index in [1.54, 1.807) is 67.6 Å².